The van der Waals surface area contributed by atoms with Crippen LogP contribution in [0.2, 0.25) is 0 Å². The number of nitrogens with two attached hydrogens (primary N) is 1. The fourth-order valence-corrected chi connectivity index (χ4v) is 6.38. The number of aromatic nitrogens is 2. The molecule has 0 unspecified atom stereocenters. The molecule has 0 aliphatic carbocycles. The number of carbonyl (C=O) groups excluding carboxylic acids is 3. The molecule has 0 radical (unpaired) electrons. The molecule has 0 spiro atoms. The van der Waals surface area contributed by atoms with E-state index < -0.39 is 11.9 Å². The van der Waals surface area contributed by atoms with Gasteiger partial charge in [-0.2, -0.15) is 0 Å². The van der Waals surface area contributed by atoms with Gasteiger partial charge in [0.05, 0.1) is 6.61 Å². The van der Waals surface area contributed by atoms with E-state index in [1.165, 1.54) is 0 Å². The van der Waals surface area contributed by atoms with E-state index in [1.54, 1.807) is 31.2 Å². The number of hydrogen-bond donors (Lipinski definition) is 4. The summed E-state index contributed by atoms with van der Waals surface area (Å²) in [5, 5.41) is 10.8. The van der Waals surface area contributed by atoms with Gasteiger partial charge in [0.25, 0.3) is 5.91 Å². The van der Waals surface area contributed by atoms with E-state index in [2.05, 4.69) is 67.4 Å². The molecule has 57 heavy (non-hydrogen) atoms. The maximum absolute atomic E-state index is 12.7. The Morgan fingerprint density at radius 1 is 0.719 bits per heavy atom. The quantitative estimate of drug-likeness (QED) is 0.0571. The second-order valence-electron chi connectivity index (χ2n) is 14.5. The van der Waals surface area contributed by atoms with Crippen LogP contribution in [-0.2, 0) is 11.2 Å². The van der Waals surface area contributed by atoms with Gasteiger partial charge in [-0.3, -0.25) is 9.59 Å². The van der Waals surface area contributed by atoms with Gasteiger partial charge in [-0.05, 0) is 90.0 Å². The van der Waals surface area contributed by atoms with Crippen LogP contribution in [-0.4, -0.2) is 50.8 Å². The van der Waals surface area contributed by atoms with Crippen molar-refractivity contribution >= 4 is 61.4 Å². The SMILES string of the molecule is CC(C)c1cc(C(=O)Cc2ccc3[nH]c(C(=O)O)cc3c2)oc1C(C)C.CC(C)c1cc(C(N)=O)oc1C(C)C.CCOC(=O)c1cc2cc(Br)ccc2[nH]1.[Li+].[OH-]. The summed E-state index contributed by atoms with van der Waals surface area (Å²) < 4.78 is 17.2. The van der Waals surface area contributed by atoms with Gasteiger partial charge in [0.2, 0.25) is 5.78 Å². The number of amides is 1. The van der Waals surface area contributed by atoms with Crippen LogP contribution in [0.15, 0.2) is 74.0 Å². The van der Waals surface area contributed by atoms with Crippen molar-refractivity contribution in [2.24, 2.45) is 5.73 Å². The van der Waals surface area contributed by atoms with Crippen molar-refractivity contribution in [2.75, 3.05) is 6.61 Å². The molecule has 14 heteroatoms. The molecule has 1 amide bonds. The zero-order chi connectivity index (χ0) is 40.7. The van der Waals surface area contributed by atoms with Gasteiger partial charge in [-0.15, -0.1) is 0 Å². The number of H-pyrrole nitrogens is 2. The molecule has 6 aromatic rings. The van der Waals surface area contributed by atoms with Gasteiger partial charge in [-0.25, -0.2) is 9.59 Å². The van der Waals surface area contributed by atoms with Gasteiger partial charge in [0, 0.05) is 44.5 Å². The number of hydrogen-bond acceptors (Lipinski definition) is 8. The molecule has 0 aliphatic rings. The van der Waals surface area contributed by atoms with E-state index >= 15 is 0 Å². The number of ketones is 1. The summed E-state index contributed by atoms with van der Waals surface area (Å²) in [6, 6.07) is 18.2. The molecule has 300 valence electrons. The van der Waals surface area contributed by atoms with Crippen LogP contribution in [0.4, 0.5) is 0 Å². The third-order valence-corrected chi connectivity index (χ3v) is 9.24. The smallest absolute Gasteiger partial charge is 0.870 e. The minimum atomic E-state index is -1.00. The second kappa shape index (κ2) is 21.1. The summed E-state index contributed by atoms with van der Waals surface area (Å²) in [7, 11) is 0. The van der Waals surface area contributed by atoms with E-state index in [4.69, 9.17) is 24.4 Å². The van der Waals surface area contributed by atoms with Crippen molar-refractivity contribution in [1.29, 1.82) is 0 Å². The summed E-state index contributed by atoms with van der Waals surface area (Å²) in [5.74, 6) is 1.64. The molecule has 0 saturated heterocycles. The van der Waals surface area contributed by atoms with Crippen molar-refractivity contribution in [3.63, 3.8) is 0 Å². The number of ether oxygens (including phenoxy) is 1. The summed E-state index contributed by atoms with van der Waals surface area (Å²) >= 11 is 3.38. The molecule has 6 N–H and O–H groups in total. The fraction of sp³-hybridized carbons (Fsp3) is 0.349. The fourth-order valence-electron chi connectivity index (χ4n) is 6.00. The number of Topliss-reactive ketones (excluding diaryl/α,β-unsaturated/α-hetero) is 1. The molecular weight excluding hydrogens is 789 g/mol. The molecular formula is C43H51BrLiN3O9. The number of carbonyl (C=O) groups is 4. The Labute approximate surface area is 352 Å². The van der Waals surface area contributed by atoms with Crippen LogP contribution >= 0.6 is 15.9 Å². The zero-order valence-electron chi connectivity index (χ0n) is 34.2. The number of furan rings is 2. The molecule has 0 saturated carbocycles. The summed E-state index contributed by atoms with van der Waals surface area (Å²) in [5.41, 5.74) is 10.4. The number of nitrogens with one attached hydrogen (secondary N) is 2. The van der Waals surface area contributed by atoms with E-state index in [9.17, 15) is 19.2 Å². The first-order chi connectivity index (χ1) is 25.9. The van der Waals surface area contributed by atoms with Gasteiger partial charge in [0.1, 0.15) is 22.9 Å². The summed E-state index contributed by atoms with van der Waals surface area (Å²) in [6.45, 7) is 18.7. The molecule has 0 bridgehead atoms. The van der Waals surface area contributed by atoms with E-state index in [0.29, 0.717) is 29.9 Å². The molecule has 0 atom stereocenters. The number of aromatic carboxylic acids is 1. The Bertz CT molecular complexity index is 2260. The first-order valence-electron chi connectivity index (χ1n) is 18.3. The predicted molar refractivity (Wildman–Crippen MR) is 219 cm³/mol. The van der Waals surface area contributed by atoms with Crippen molar-refractivity contribution < 1.29 is 62.2 Å². The predicted octanol–water partition coefficient (Wildman–Crippen LogP) is 7.69. The minimum Gasteiger partial charge on any atom is -0.870 e. The number of carboxylic acid groups (broad SMARTS) is 1. The number of aromatic amines is 2. The van der Waals surface area contributed by atoms with E-state index in [-0.39, 0.29) is 65.8 Å². The first kappa shape index (κ1) is 48.3. The van der Waals surface area contributed by atoms with Crippen LogP contribution in [0.3, 0.4) is 0 Å². The number of benzene rings is 2. The third kappa shape index (κ3) is 12.3. The number of fused-ring (bicyclic) bond motifs is 2. The normalized spacial score (nSPS) is 10.8. The van der Waals surface area contributed by atoms with Crippen LogP contribution in [0.5, 0.6) is 0 Å². The van der Waals surface area contributed by atoms with Crippen LogP contribution in [0.25, 0.3) is 21.8 Å². The molecule has 4 heterocycles. The van der Waals surface area contributed by atoms with Gasteiger partial charge < -0.3 is 39.9 Å². The largest absolute Gasteiger partial charge is 1.00 e. The number of rotatable bonds is 11. The van der Waals surface area contributed by atoms with Crippen LogP contribution in [0, 0.1) is 0 Å². The van der Waals surface area contributed by atoms with E-state index in [1.807, 2.05) is 50.2 Å². The topological polar surface area (TPSA) is 212 Å². The number of halogens is 1. The Morgan fingerprint density at radius 3 is 1.70 bits per heavy atom. The number of primary amides is 1. The van der Waals surface area contributed by atoms with Crippen molar-refractivity contribution in [3.8, 4) is 0 Å². The molecule has 0 fully saturated rings. The third-order valence-electron chi connectivity index (χ3n) is 8.75. The van der Waals surface area contributed by atoms with Crippen molar-refractivity contribution in [2.45, 2.75) is 92.4 Å². The van der Waals surface area contributed by atoms with Crippen LogP contribution < -0.4 is 24.6 Å². The standard InChI is InChI=1S/C21H23NO4.C11H10BrNO2.C11H17NO2.Li.H2O/c1-11(2)15-10-19(26-20(15)12(3)4)18(23)8-13-5-6-16-14(7-13)9-17(22-16)21(24)25;1-2-15-11(14)10-6-7-5-8(12)3-4-9(7)13-10;1-6(2)8-5-9(11(12)13)14-10(8)7(3)4;;/h5-7,9-12,22H,8H2,1-4H3,(H,24,25);3-6,13H,2H2,1H3;5-7H,1-4H3,(H2,12,13);;1H2/q;;;+1;/p-1. The summed E-state index contributed by atoms with van der Waals surface area (Å²) in [6.07, 6.45) is 0.214. The maximum Gasteiger partial charge on any atom is 1.00 e. The van der Waals surface area contributed by atoms with Gasteiger partial charge in [-0.1, -0.05) is 77.4 Å². The van der Waals surface area contributed by atoms with E-state index in [0.717, 1.165) is 54.5 Å². The molecule has 0 aliphatic heterocycles. The molecule has 12 nitrogen and oxygen atoms in total. The maximum atomic E-state index is 12.7. The van der Waals surface area contributed by atoms with Gasteiger partial charge in [0.15, 0.2) is 11.5 Å². The monoisotopic (exact) mass is 839 g/mol. The number of carboxylic acids is 1. The first-order valence-corrected chi connectivity index (χ1v) is 19.1. The Kier molecular flexibility index (Phi) is 17.9. The molecule has 2 aromatic carbocycles. The average Bonchev–Trinajstić information content (AvgIpc) is 3.92. The van der Waals surface area contributed by atoms with Crippen LogP contribution in [0.1, 0.15) is 156 Å². The second-order valence-corrected chi connectivity index (χ2v) is 15.4. The Morgan fingerprint density at radius 2 is 1.21 bits per heavy atom. The average molecular weight is 841 g/mol. The zero-order valence-corrected chi connectivity index (χ0v) is 35.8. The Hall–Kier alpha value is -4.80. The molecule has 4 aromatic heterocycles. The molecule has 6 rings (SSSR count). The minimum absolute atomic E-state index is 0. The Balaban J connectivity index is 0.000000311. The number of esters is 1. The van der Waals surface area contributed by atoms with Crippen molar-refractivity contribution in [1.82, 2.24) is 9.97 Å². The van der Waals surface area contributed by atoms with Gasteiger partial charge >= 0.3 is 30.8 Å². The summed E-state index contributed by atoms with van der Waals surface area (Å²) in [4.78, 5) is 52.0. The van der Waals surface area contributed by atoms with Crippen molar-refractivity contribution in [3.05, 3.63) is 116 Å².